The Morgan fingerprint density at radius 3 is 2.14 bits per heavy atom. The maximum atomic E-state index is 11.4. The van der Waals surface area contributed by atoms with E-state index < -0.39 is 5.60 Å². The number of unbranched alkanes of at least 4 members (excludes halogenated alkanes) is 1. The Hall–Kier alpha value is -1.32. The van der Waals surface area contributed by atoms with Crippen LogP contribution in [-0.2, 0) is 4.74 Å². The summed E-state index contributed by atoms with van der Waals surface area (Å²) < 4.78 is 5.14. The van der Waals surface area contributed by atoms with Crippen molar-refractivity contribution in [3.05, 3.63) is 0 Å². The second-order valence-electron chi connectivity index (χ2n) is 5.90. The van der Waals surface area contributed by atoms with Crippen molar-refractivity contribution in [2.75, 3.05) is 32.7 Å². The Kier molecular flexibility index (Phi) is 11.6. The van der Waals surface area contributed by atoms with Crippen molar-refractivity contribution >= 4 is 6.09 Å². The summed E-state index contributed by atoms with van der Waals surface area (Å²) in [5.74, 6) is 0. The molecule has 0 aliphatic heterocycles. The van der Waals surface area contributed by atoms with Crippen molar-refractivity contribution in [1.29, 1.82) is 5.26 Å². The van der Waals surface area contributed by atoms with Crippen LogP contribution in [0.15, 0.2) is 0 Å². The molecule has 0 aromatic heterocycles. The van der Waals surface area contributed by atoms with Crippen LogP contribution in [0.5, 0.6) is 0 Å². The third-order valence-corrected chi connectivity index (χ3v) is 2.57. The van der Waals surface area contributed by atoms with Gasteiger partial charge < -0.3 is 20.7 Å². The predicted molar refractivity (Wildman–Crippen MR) is 84.1 cm³/mol. The van der Waals surface area contributed by atoms with Gasteiger partial charge in [0, 0.05) is 19.5 Å². The molecule has 0 bridgehead atoms. The number of hydrogen-bond acceptors (Lipinski definition) is 5. The Balaban J connectivity index is 3.19. The first-order valence-corrected chi connectivity index (χ1v) is 7.71. The fourth-order valence-electron chi connectivity index (χ4n) is 1.61. The zero-order valence-corrected chi connectivity index (χ0v) is 13.6. The molecule has 6 heteroatoms. The van der Waals surface area contributed by atoms with Crippen molar-refractivity contribution in [2.45, 2.75) is 52.1 Å². The lowest BCUT2D eigenvalue weighted by molar-refractivity contribution is 0.0527. The fourth-order valence-corrected chi connectivity index (χ4v) is 1.61. The number of hydrogen-bond donors (Lipinski definition) is 3. The molecule has 0 saturated carbocycles. The van der Waals surface area contributed by atoms with Gasteiger partial charge in [-0.25, -0.2) is 4.79 Å². The summed E-state index contributed by atoms with van der Waals surface area (Å²) in [5, 5.41) is 17.7. The van der Waals surface area contributed by atoms with Crippen LogP contribution in [0, 0.1) is 11.3 Å². The summed E-state index contributed by atoms with van der Waals surface area (Å²) in [6.45, 7) is 9.78. The molecule has 0 heterocycles. The van der Waals surface area contributed by atoms with Gasteiger partial charge in [-0.3, -0.25) is 0 Å². The average molecular weight is 298 g/mol. The third-order valence-electron chi connectivity index (χ3n) is 2.57. The molecular formula is C15H30N4O2. The summed E-state index contributed by atoms with van der Waals surface area (Å²) in [6, 6.07) is 2.11. The van der Waals surface area contributed by atoms with Crippen LogP contribution >= 0.6 is 0 Å². The largest absolute Gasteiger partial charge is 0.444 e. The van der Waals surface area contributed by atoms with Gasteiger partial charge in [-0.1, -0.05) is 0 Å². The first-order chi connectivity index (χ1) is 9.95. The molecule has 0 rings (SSSR count). The molecule has 0 atom stereocenters. The lowest BCUT2D eigenvalue weighted by atomic mass is 10.2. The smallest absolute Gasteiger partial charge is 0.407 e. The summed E-state index contributed by atoms with van der Waals surface area (Å²) in [7, 11) is 0. The number of carbonyl (C=O) groups excluding carboxylic acids is 1. The number of amides is 1. The van der Waals surface area contributed by atoms with E-state index in [4.69, 9.17) is 10.00 Å². The van der Waals surface area contributed by atoms with Crippen molar-refractivity contribution < 1.29 is 9.53 Å². The first kappa shape index (κ1) is 19.7. The normalized spacial score (nSPS) is 11.0. The highest BCUT2D eigenvalue weighted by Gasteiger charge is 2.15. The molecule has 0 saturated heterocycles. The highest BCUT2D eigenvalue weighted by molar-refractivity contribution is 5.67. The highest BCUT2D eigenvalue weighted by Crippen LogP contribution is 2.06. The summed E-state index contributed by atoms with van der Waals surface area (Å²) in [5.41, 5.74) is -0.441. The standard InChI is InChI=1S/C15H30N4O2/c1-15(2,3)21-14(20)19-13-7-12-18-10-5-4-9-17-11-6-8-16/h17-18H,4-7,9-13H2,1-3H3,(H,19,20). The summed E-state index contributed by atoms with van der Waals surface area (Å²) in [6.07, 6.45) is 3.32. The third kappa shape index (κ3) is 16.6. The lowest BCUT2D eigenvalue weighted by Gasteiger charge is -2.19. The minimum absolute atomic E-state index is 0.356. The molecule has 0 aromatic carbocycles. The van der Waals surface area contributed by atoms with E-state index in [0.29, 0.717) is 13.0 Å². The molecule has 6 nitrogen and oxygen atoms in total. The van der Waals surface area contributed by atoms with Gasteiger partial charge in [-0.05, 0) is 59.7 Å². The van der Waals surface area contributed by atoms with Gasteiger partial charge in [-0.15, -0.1) is 0 Å². The maximum Gasteiger partial charge on any atom is 0.407 e. The molecule has 0 fully saturated rings. The molecule has 0 aromatic rings. The number of nitrogens with one attached hydrogen (secondary N) is 3. The molecule has 0 aliphatic rings. The number of rotatable bonds is 11. The molecule has 0 unspecified atom stereocenters. The number of nitriles is 1. The van der Waals surface area contributed by atoms with Crippen molar-refractivity contribution in [3.63, 3.8) is 0 Å². The quantitative estimate of drug-likeness (QED) is 0.506. The van der Waals surface area contributed by atoms with Crippen LogP contribution in [0.2, 0.25) is 0 Å². The Morgan fingerprint density at radius 1 is 1.00 bits per heavy atom. The van der Waals surface area contributed by atoms with Crippen LogP contribution in [0.25, 0.3) is 0 Å². The number of ether oxygens (including phenoxy) is 1. The van der Waals surface area contributed by atoms with Crippen LogP contribution in [0.4, 0.5) is 4.79 Å². The topological polar surface area (TPSA) is 86.2 Å². The van der Waals surface area contributed by atoms with Crippen LogP contribution in [-0.4, -0.2) is 44.4 Å². The molecule has 21 heavy (non-hydrogen) atoms. The van der Waals surface area contributed by atoms with E-state index in [2.05, 4.69) is 22.0 Å². The molecule has 0 radical (unpaired) electrons. The van der Waals surface area contributed by atoms with Crippen molar-refractivity contribution in [1.82, 2.24) is 16.0 Å². The van der Waals surface area contributed by atoms with Gasteiger partial charge in [0.1, 0.15) is 5.60 Å². The number of carbonyl (C=O) groups is 1. The van der Waals surface area contributed by atoms with Gasteiger partial charge in [0.05, 0.1) is 6.07 Å². The van der Waals surface area contributed by atoms with Gasteiger partial charge in [0.2, 0.25) is 0 Å². The predicted octanol–water partition coefficient (Wildman–Crippen LogP) is 1.77. The van der Waals surface area contributed by atoms with Crippen molar-refractivity contribution in [2.24, 2.45) is 0 Å². The molecule has 0 aliphatic carbocycles. The van der Waals surface area contributed by atoms with E-state index in [1.165, 1.54) is 0 Å². The maximum absolute atomic E-state index is 11.4. The molecular weight excluding hydrogens is 268 g/mol. The average Bonchev–Trinajstić information content (AvgIpc) is 2.38. The highest BCUT2D eigenvalue weighted by atomic mass is 16.6. The molecule has 1 amide bonds. The van der Waals surface area contributed by atoms with E-state index >= 15 is 0 Å². The monoisotopic (exact) mass is 298 g/mol. The number of alkyl carbamates (subject to hydrolysis) is 1. The van der Waals surface area contributed by atoms with E-state index in [1.54, 1.807) is 0 Å². The number of nitrogens with zero attached hydrogens (tertiary/aromatic N) is 1. The zero-order valence-electron chi connectivity index (χ0n) is 13.6. The van der Waals surface area contributed by atoms with E-state index in [1.807, 2.05) is 20.8 Å². The molecule has 3 N–H and O–H groups in total. The van der Waals surface area contributed by atoms with Crippen LogP contribution < -0.4 is 16.0 Å². The van der Waals surface area contributed by atoms with E-state index in [0.717, 1.165) is 45.4 Å². The Bertz CT molecular complexity index is 308. The molecule has 0 spiro atoms. The minimum Gasteiger partial charge on any atom is -0.444 e. The van der Waals surface area contributed by atoms with E-state index in [-0.39, 0.29) is 6.09 Å². The van der Waals surface area contributed by atoms with Crippen LogP contribution in [0.3, 0.4) is 0 Å². The fraction of sp³-hybridized carbons (Fsp3) is 0.867. The van der Waals surface area contributed by atoms with Crippen LogP contribution in [0.1, 0.15) is 46.5 Å². The first-order valence-electron chi connectivity index (χ1n) is 7.71. The van der Waals surface area contributed by atoms with Gasteiger partial charge in [-0.2, -0.15) is 5.26 Å². The second kappa shape index (κ2) is 12.4. The summed E-state index contributed by atoms with van der Waals surface area (Å²) in [4.78, 5) is 11.4. The Labute approximate surface area is 128 Å². The minimum atomic E-state index is -0.441. The van der Waals surface area contributed by atoms with Gasteiger partial charge in [0.25, 0.3) is 0 Å². The SMILES string of the molecule is CC(C)(C)OC(=O)NCCCNCCCCNCCC#N. The van der Waals surface area contributed by atoms with Crippen molar-refractivity contribution in [3.8, 4) is 6.07 Å². The Morgan fingerprint density at radius 2 is 1.57 bits per heavy atom. The summed E-state index contributed by atoms with van der Waals surface area (Å²) >= 11 is 0. The van der Waals surface area contributed by atoms with Gasteiger partial charge >= 0.3 is 6.09 Å². The second-order valence-corrected chi connectivity index (χ2v) is 5.90. The van der Waals surface area contributed by atoms with Gasteiger partial charge in [0.15, 0.2) is 0 Å². The molecule has 122 valence electrons. The zero-order chi connectivity index (χ0) is 16.0. The lowest BCUT2D eigenvalue weighted by Crippen LogP contribution is -2.34. The van der Waals surface area contributed by atoms with E-state index in [9.17, 15) is 4.79 Å².